The Morgan fingerprint density at radius 1 is 1.26 bits per heavy atom. The fraction of sp³-hybridized carbons (Fsp3) is 0.500. The van der Waals surface area contributed by atoms with E-state index in [-0.39, 0.29) is 29.4 Å². The summed E-state index contributed by atoms with van der Waals surface area (Å²) in [7, 11) is 1.70. The first kappa shape index (κ1) is 23.7. The van der Waals surface area contributed by atoms with Crippen molar-refractivity contribution < 1.29 is 4.74 Å². The predicted molar refractivity (Wildman–Crippen MR) is 126 cm³/mol. The van der Waals surface area contributed by atoms with Crippen LogP contribution < -0.4 is 15.4 Å². The molecule has 0 aliphatic carbocycles. The van der Waals surface area contributed by atoms with Crippen molar-refractivity contribution in [2.24, 2.45) is 4.99 Å². The summed E-state index contributed by atoms with van der Waals surface area (Å²) >= 11 is 1.71. The number of rotatable bonds is 7. The van der Waals surface area contributed by atoms with E-state index >= 15 is 0 Å². The Kier molecular flexibility index (Phi) is 9.52. The third-order valence-electron chi connectivity index (χ3n) is 4.27. The van der Waals surface area contributed by atoms with Crippen LogP contribution in [0, 0.1) is 13.8 Å². The van der Waals surface area contributed by atoms with Crippen molar-refractivity contribution in [1.29, 1.82) is 0 Å². The van der Waals surface area contributed by atoms with E-state index in [1.54, 1.807) is 18.4 Å². The molecule has 0 bridgehead atoms. The molecule has 0 aliphatic rings. The van der Waals surface area contributed by atoms with E-state index in [4.69, 9.17) is 9.73 Å². The van der Waals surface area contributed by atoms with Gasteiger partial charge < -0.3 is 15.4 Å². The molecule has 1 aromatic heterocycles. The van der Waals surface area contributed by atoms with Gasteiger partial charge in [0.15, 0.2) is 5.96 Å². The maximum absolute atomic E-state index is 5.35. The quantitative estimate of drug-likeness (QED) is 0.335. The number of thiazole rings is 1. The zero-order valence-corrected chi connectivity index (χ0v) is 20.2. The maximum Gasteiger partial charge on any atom is 0.191 e. The molecule has 1 heterocycles. The molecule has 1 aromatic carbocycles. The summed E-state index contributed by atoms with van der Waals surface area (Å²) in [6.45, 7) is 12.8. The summed E-state index contributed by atoms with van der Waals surface area (Å²) in [4.78, 5) is 10.4. The monoisotopic (exact) mass is 502 g/mol. The summed E-state index contributed by atoms with van der Waals surface area (Å²) in [6, 6.07) is 8.23. The van der Waals surface area contributed by atoms with E-state index in [1.807, 2.05) is 26.0 Å². The first-order valence-electron chi connectivity index (χ1n) is 8.95. The highest BCUT2D eigenvalue weighted by Gasteiger charge is 2.21. The zero-order chi connectivity index (χ0) is 19.2. The van der Waals surface area contributed by atoms with E-state index in [0.29, 0.717) is 6.54 Å². The number of aromatic nitrogens is 1. The van der Waals surface area contributed by atoms with E-state index in [1.165, 1.54) is 10.4 Å². The molecular weight excluding hydrogens is 471 g/mol. The highest BCUT2D eigenvalue weighted by Crippen LogP contribution is 2.25. The number of aryl methyl sites for hydroxylation is 2. The van der Waals surface area contributed by atoms with E-state index in [9.17, 15) is 0 Å². The van der Waals surface area contributed by atoms with Crippen LogP contribution in [0.2, 0.25) is 0 Å². The van der Waals surface area contributed by atoms with Crippen LogP contribution >= 0.6 is 35.3 Å². The average Bonchev–Trinajstić information content (AvgIpc) is 2.95. The molecule has 0 atom stereocenters. The number of aliphatic imine (C=N–C) groups is 1. The van der Waals surface area contributed by atoms with Gasteiger partial charge >= 0.3 is 0 Å². The zero-order valence-electron chi connectivity index (χ0n) is 17.0. The molecule has 2 rings (SSSR count). The number of nitrogens with one attached hydrogen (secondary N) is 2. The van der Waals surface area contributed by atoms with Gasteiger partial charge in [-0.3, -0.25) is 0 Å². The Morgan fingerprint density at radius 3 is 2.59 bits per heavy atom. The molecule has 0 spiro atoms. The van der Waals surface area contributed by atoms with Crippen LogP contribution in [-0.2, 0) is 12.0 Å². The SMILES string of the molecule is CCNC(=NCc1sc(C)nc1C)NCC(C)(C)c1cccc(OC)c1.I. The normalized spacial score (nSPS) is 11.7. The van der Waals surface area contributed by atoms with E-state index in [0.717, 1.165) is 35.5 Å². The molecule has 0 unspecified atom stereocenters. The lowest BCUT2D eigenvalue weighted by Gasteiger charge is -2.27. The number of hydrogen-bond donors (Lipinski definition) is 2. The second kappa shape index (κ2) is 10.8. The number of nitrogens with zero attached hydrogens (tertiary/aromatic N) is 2. The van der Waals surface area contributed by atoms with E-state index in [2.05, 4.69) is 48.5 Å². The minimum absolute atomic E-state index is 0. The molecule has 0 radical (unpaired) electrons. The Balaban J connectivity index is 0.00000364. The number of benzene rings is 1. The highest BCUT2D eigenvalue weighted by molar-refractivity contribution is 14.0. The number of guanidine groups is 1. The third-order valence-corrected chi connectivity index (χ3v) is 5.33. The molecule has 2 aromatic rings. The van der Waals surface area contributed by atoms with Crippen LogP contribution in [0.5, 0.6) is 5.75 Å². The number of ether oxygens (including phenoxy) is 1. The van der Waals surface area contributed by atoms with Crippen molar-refractivity contribution in [3.05, 3.63) is 45.4 Å². The second-order valence-corrected chi connectivity index (χ2v) is 8.19. The van der Waals surface area contributed by atoms with Crippen LogP contribution in [0.4, 0.5) is 0 Å². The lowest BCUT2D eigenvalue weighted by Crippen LogP contribution is -2.43. The lowest BCUT2D eigenvalue weighted by atomic mass is 9.84. The van der Waals surface area contributed by atoms with E-state index < -0.39 is 0 Å². The first-order chi connectivity index (χ1) is 12.4. The van der Waals surface area contributed by atoms with Crippen LogP contribution in [-0.4, -0.2) is 31.1 Å². The summed E-state index contributed by atoms with van der Waals surface area (Å²) in [5.74, 6) is 1.71. The van der Waals surface area contributed by atoms with Gasteiger partial charge in [-0.25, -0.2) is 9.98 Å². The van der Waals surface area contributed by atoms with Gasteiger partial charge in [-0.1, -0.05) is 26.0 Å². The Labute approximate surface area is 184 Å². The van der Waals surface area contributed by atoms with Crippen molar-refractivity contribution in [1.82, 2.24) is 15.6 Å². The molecule has 150 valence electrons. The molecule has 7 heteroatoms. The summed E-state index contributed by atoms with van der Waals surface area (Å²) in [5.41, 5.74) is 2.25. The van der Waals surface area contributed by atoms with Crippen molar-refractivity contribution in [3.63, 3.8) is 0 Å². The topological polar surface area (TPSA) is 58.5 Å². The van der Waals surface area contributed by atoms with Crippen molar-refractivity contribution in [3.8, 4) is 5.75 Å². The molecule has 2 N–H and O–H groups in total. The fourth-order valence-electron chi connectivity index (χ4n) is 2.66. The van der Waals surface area contributed by atoms with Gasteiger partial charge in [0.25, 0.3) is 0 Å². The molecule has 0 amide bonds. The maximum atomic E-state index is 5.35. The standard InChI is InChI=1S/C20H30N4OS.HI/c1-7-21-19(22-12-18-14(2)24-15(3)26-18)23-13-20(4,5)16-9-8-10-17(11-16)25-6;/h8-11H,7,12-13H2,1-6H3,(H2,21,22,23);1H. The molecular formula is C20H31IN4OS. The van der Waals surface area contributed by atoms with Gasteiger partial charge in [0.05, 0.1) is 24.4 Å². The average molecular weight is 502 g/mol. The van der Waals surface area contributed by atoms with Gasteiger partial charge in [0.2, 0.25) is 0 Å². The molecule has 27 heavy (non-hydrogen) atoms. The van der Waals surface area contributed by atoms with Crippen LogP contribution in [0.15, 0.2) is 29.3 Å². The van der Waals surface area contributed by atoms with Crippen LogP contribution in [0.1, 0.15) is 41.9 Å². The van der Waals surface area contributed by atoms with Crippen LogP contribution in [0.25, 0.3) is 0 Å². The van der Waals surface area contributed by atoms with Gasteiger partial charge in [-0.2, -0.15) is 0 Å². The van der Waals surface area contributed by atoms with Crippen molar-refractivity contribution in [2.75, 3.05) is 20.2 Å². The summed E-state index contributed by atoms with van der Waals surface area (Å²) in [6.07, 6.45) is 0. The Hall–Kier alpha value is -1.35. The molecule has 0 saturated heterocycles. The largest absolute Gasteiger partial charge is 0.497 e. The summed E-state index contributed by atoms with van der Waals surface area (Å²) in [5, 5.41) is 7.89. The number of hydrogen-bond acceptors (Lipinski definition) is 4. The fourth-order valence-corrected chi connectivity index (χ4v) is 3.53. The smallest absolute Gasteiger partial charge is 0.191 e. The molecule has 0 fully saturated rings. The molecule has 0 aliphatic heterocycles. The number of methoxy groups -OCH3 is 1. The molecule has 0 saturated carbocycles. The number of halogens is 1. The van der Waals surface area contributed by atoms with Gasteiger partial charge in [-0.05, 0) is 38.5 Å². The van der Waals surface area contributed by atoms with Gasteiger partial charge in [0.1, 0.15) is 5.75 Å². The van der Waals surface area contributed by atoms with Crippen molar-refractivity contribution in [2.45, 2.75) is 46.6 Å². The predicted octanol–water partition coefficient (Wildman–Crippen LogP) is 4.42. The Bertz CT molecular complexity index is 758. The lowest BCUT2D eigenvalue weighted by molar-refractivity contribution is 0.411. The summed E-state index contributed by atoms with van der Waals surface area (Å²) < 4.78 is 5.35. The first-order valence-corrected chi connectivity index (χ1v) is 9.77. The second-order valence-electron chi connectivity index (χ2n) is 6.91. The third kappa shape index (κ3) is 6.95. The minimum Gasteiger partial charge on any atom is -0.497 e. The Morgan fingerprint density at radius 2 is 2.00 bits per heavy atom. The van der Waals surface area contributed by atoms with Crippen molar-refractivity contribution >= 4 is 41.3 Å². The minimum atomic E-state index is -0.0538. The van der Waals surface area contributed by atoms with Gasteiger partial charge in [-0.15, -0.1) is 35.3 Å². The highest BCUT2D eigenvalue weighted by atomic mass is 127. The van der Waals surface area contributed by atoms with Gasteiger partial charge in [0, 0.05) is 23.4 Å². The molecule has 5 nitrogen and oxygen atoms in total. The van der Waals surface area contributed by atoms with Crippen LogP contribution in [0.3, 0.4) is 0 Å².